The molecule has 0 saturated heterocycles. The number of rotatable bonds is 4. The third kappa shape index (κ3) is 4.25. The monoisotopic (exact) mass is 316 g/mol. The third-order valence-corrected chi connectivity index (χ3v) is 3.49. The van der Waals surface area contributed by atoms with Gasteiger partial charge in [-0.05, 0) is 55.3 Å². The summed E-state index contributed by atoms with van der Waals surface area (Å²) in [6.45, 7) is 4.76. The highest BCUT2D eigenvalue weighted by Crippen LogP contribution is 2.18. The molecule has 19 heavy (non-hydrogen) atoms. The average molecular weight is 317 g/mol. The van der Waals surface area contributed by atoms with Crippen LogP contribution < -0.4 is 4.74 Å². The SMILES string of the molecule is C/C(=C\COc1ccc(C)cc1)c1ccc(Br)cc1. The Morgan fingerprint density at radius 3 is 2.32 bits per heavy atom. The molecule has 98 valence electrons. The fourth-order valence-corrected chi connectivity index (χ4v) is 1.99. The zero-order chi connectivity index (χ0) is 13.7. The van der Waals surface area contributed by atoms with Gasteiger partial charge in [-0.2, -0.15) is 0 Å². The summed E-state index contributed by atoms with van der Waals surface area (Å²) in [6, 6.07) is 16.4. The van der Waals surface area contributed by atoms with Crippen LogP contribution in [0.25, 0.3) is 5.57 Å². The Morgan fingerprint density at radius 1 is 1.05 bits per heavy atom. The van der Waals surface area contributed by atoms with Gasteiger partial charge in [-0.3, -0.25) is 0 Å². The highest BCUT2D eigenvalue weighted by atomic mass is 79.9. The molecule has 0 N–H and O–H groups in total. The molecule has 0 heterocycles. The van der Waals surface area contributed by atoms with Crippen molar-refractivity contribution in [3.05, 3.63) is 70.2 Å². The van der Waals surface area contributed by atoms with E-state index in [1.54, 1.807) is 0 Å². The van der Waals surface area contributed by atoms with Crippen LogP contribution in [0.15, 0.2) is 59.1 Å². The first kappa shape index (κ1) is 13.9. The Kier molecular flexibility index (Phi) is 4.80. The summed E-state index contributed by atoms with van der Waals surface area (Å²) >= 11 is 3.44. The van der Waals surface area contributed by atoms with Gasteiger partial charge in [0.25, 0.3) is 0 Å². The predicted octanol–water partition coefficient (Wildman–Crippen LogP) is 5.24. The van der Waals surface area contributed by atoms with Crippen LogP contribution in [0.5, 0.6) is 5.75 Å². The standard InChI is InChI=1S/C17H17BrO/c1-13-3-9-17(10-4-13)19-12-11-14(2)15-5-7-16(18)8-6-15/h3-11H,12H2,1-2H3/b14-11+. The number of allylic oxidation sites excluding steroid dienone is 1. The normalized spacial score (nSPS) is 11.4. The number of benzene rings is 2. The molecule has 0 bridgehead atoms. The first-order chi connectivity index (χ1) is 9.15. The Balaban J connectivity index is 1.95. The smallest absolute Gasteiger partial charge is 0.119 e. The molecule has 0 saturated carbocycles. The lowest BCUT2D eigenvalue weighted by molar-refractivity contribution is 0.363. The van der Waals surface area contributed by atoms with Crippen molar-refractivity contribution in [3.63, 3.8) is 0 Å². The van der Waals surface area contributed by atoms with Gasteiger partial charge in [0.2, 0.25) is 0 Å². The molecule has 2 aromatic carbocycles. The Hall–Kier alpha value is -1.54. The van der Waals surface area contributed by atoms with Crippen LogP contribution in [0.2, 0.25) is 0 Å². The van der Waals surface area contributed by atoms with Crippen LogP contribution in [0, 0.1) is 6.92 Å². The highest BCUT2D eigenvalue weighted by Gasteiger charge is 1.96. The lowest BCUT2D eigenvalue weighted by Gasteiger charge is -2.05. The van der Waals surface area contributed by atoms with Gasteiger partial charge in [0.15, 0.2) is 0 Å². The van der Waals surface area contributed by atoms with E-state index in [0.717, 1.165) is 10.2 Å². The summed E-state index contributed by atoms with van der Waals surface area (Å²) in [6.07, 6.45) is 2.10. The van der Waals surface area contributed by atoms with E-state index >= 15 is 0 Å². The predicted molar refractivity (Wildman–Crippen MR) is 84.5 cm³/mol. The van der Waals surface area contributed by atoms with Crippen molar-refractivity contribution < 1.29 is 4.74 Å². The largest absolute Gasteiger partial charge is 0.490 e. The van der Waals surface area contributed by atoms with Gasteiger partial charge >= 0.3 is 0 Å². The quantitative estimate of drug-likeness (QED) is 0.749. The minimum Gasteiger partial charge on any atom is -0.490 e. The van der Waals surface area contributed by atoms with Gasteiger partial charge in [0.05, 0.1) is 0 Å². The van der Waals surface area contributed by atoms with Crippen LogP contribution >= 0.6 is 15.9 Å². The van der Waals surface area contributed by atoms with E-state index in [9.17, 15) is 0 Å². The third-order valence-electron chi connectivity index (χ3n) is 2.96. The summed E-state index contributed by atoms with van der Waals surface area (Å²) in [4.78, 5) is 0. The van der Waals surface area contributed by atoms with Crippen molar-refractivity contribution in [2.24, 2.45) is 0 Å². The minimum atomic E-state index is 0.588. The molecule has 0 unspecified atom stereocenters. The number of halogens is 1. The van der Waals surface area contributed by atoms with Crippen LogP contribution in [-0.4, -0.2) is 6.61 Å². The Labute approximate surface area is 123 Å². The van der Waals surface area contributed by atoms with E-state index in [4.69, 9.17) is 4.74 Å². The van der Waals surface area contributed by atoms with E-state index in [2.05, 4.69) is 60.1 Å². The molecule has 2 aromatic rings. The van der Waals surface area contributed by atoms with E-state index in [1.165, 1.54) is 16.7 Å². The lowest BCUT2D eigenvalue weighted by atomic mass is 10.1. The second-order valence-corrected chi connectivity index (χ2v) is 5.43. The molecule has 0 aliphatic heterocycles. The molecule has 0 amide bonds. The minimum absolute atomic E-state index is 0.588. The summed E-state index contributed by atoms with van der Waals surface area (Å²) in [5, 5.41) is 0. The maximum Gasteiger partial charge on any atom is 0.119 e. The van der Waals surface area contributed by atoms with Crippen molar-refractivity contribution in [2.75, 3.05) is 6.61 Å². The summed E-state index contributed by atoms with van der Waals surface area (Å²) in [5.74, 6) is 0.908. The zero-order valence-corrected chi connectivity index (χ0v) is 12.8. The van der Waals surface area contributed by atoms with Gasteiger partial charge in [-0.1, -0.05) is 45.8 Å². The van der Waals surface area contributed by atoms with Crippen LogP contribution in [0.1, 0.15) is 18.1 Å². The Morgan fingerprint density at radius 2 is 1.68 bits per heavy atom. The van der Waals surface area contributed by atoms with E-state index in [0.29, 0.717) is 6.61 Å². The number of ether oxygens (including phenoxy) is 1. The molecule has 0 aliphatic rings. The molecule has 1 nitrogen and oxygen atoms in total. The van der Waals surface area contributed by atoms with Gasteiger partial charge in [-0.15, -0.1) is 0 Å². The number of hydrogen-bond donors (Lipinski definition) is 0. The van der Waals surface area contributed by atoms with Crippen LogP contribution in [0.3, 0.4) is 0 Å². The van der Waals surface area contributed by atoms with Crippen LogP contribution in [-0.2, 0) is 0 Å². The topological polar surface area (TPSA) is 9.23 Å². The van der Waals surface area contributed by atoms with Gasteiger partial charge < -0.3 is 4.74 Å². The van der Waals surface area contributed by atoms with E-state index in [1.807, 2.05) is 24.3 Å². The van der Waals surface area contributed by atoms with Crippen molar-refractivity contribution in [1.82, 2.24) is 0 Å². The van der Waals surface area contributed by atoms with Gasteiger partial charge in [-0.25, -0.2) is 0 Å². The van der Waals surface area contributed by atoms with Crippen molar-refractivity contribution in [2.45, 2.75) is 13.8 Å². The fraction of sp³-hybridized carbons (Fsp3) is 0.176. The summed E-state index contributed by atoms with van der Waals surface area (Å²) < 4.78 is 6.79. The lowest BCUT2D eigenvalue weighted by Crippen LogP contribution is -1.94. The van der Waals surface area contributed by atoms with Crippen LogP contribution in [0.4, 0.5) is 0 Å². The molecule has 0 aromatic heterocycles. The maximum atomic E-state index is 5.69. The highest BCUT2D eigenvalue weighted by molar-refractivity contribution is 9.10. The molecular formula is C17H17BrO. The second kappa shape index (κ2) is 6.58. The number of aryl methyl sites for hydroxylation is 1. The van der Waals surface area contributed by atoms with E-state index < -0.39 is 0 Å². The molecule has 0 fully saturated rings. The average Bonchev–Trinajstić information content (AvgIpc) is 2.41. The second-order valence-electron chi connectivity index (χ2n) is 4.52. The van der Waals surface area contributed by atoms with Crippen molar-refractivity contribution in [1.29, 1.82) is 0 Å². The molecule has 0 spiro atoms. The van der Waals surface area contributed by atoms with Crippen molar-refractivity contribution in [3.8, 4) is 5.75 Å². The first-order valence-electron chi connectivity index (χ1n) is 6.27. The molecular weight excluding hydrogens is 300 g/mol. The molecule has 0 radical (unpaired) electrons. The number of hydrogen-bond acceptors (Lipinski definition) is 1. The Bertz CT molecular complexity index is 553. The summed E-state index contributed by atoms with van der Waals surface area (Å²) in [7, 11) is 0. The summed E-state index contributed by atoms with van der Waals surface area (Å²) in [5.41, 5.74) is 3.68. The molecule has 0 aliphatic carbocycles. The molecule has 2 heteroatoms. The molecule has 0 atom stereocenters. The van der Waals surface area contributed by atoms with E-state index in [-0.39, 0.29) is 0 Å². The van der Waals surface area contributed by atoms with Gasteiger partial charge in [0, 0.05) is 4.47 Å². The van der Waals surface area contributed by atoms with Gasteiger partial charge in [0.1, 0.15) is 12.4 Å². The fourth-order valence-electron chi connectivity index (χ4n) is 1.73. The molecule has 2 rings (SSSR count). The first-order valence-corrected chi connectivity index (χ1v) is 7.06. The van der Waals surface area contributed by atoms with Crippen molar-refractivity contribution >= 4 is 21.5 Å². The zero-order valence-electron chi connectivity index (χ0n) is 11.2. The maximum absolute atomic E-state index is 5.69.